The van der Waals surface area contributed by atoms with E-state index < -0.39 is 6.10 Å². The van der Waals surface area contributed by atoms with E-state index >= 15 is 0 Å². The van der Waals surface area contributed by atoms with Crippen molar-refractivity contribution < 1.29 is 19.1 Å². The molecule has 2 aromatic rings. The van der Waals surface area contributed by atoms with E-state index in [2.05, 4.69) is 11.4 Å². The topological polar surface area (TPSA) is 64.6 Å². The standard InChI is InChI=1S/C23H25NO4/c1-17(28-23(26)19-10-6-3-7-11-19)22(25)24-20-12-14-21(15-13-20)27-16-18-8-4-2-5-9-18/h2-6,8-9,12-15,17,19H,7,10-11,16H2,1H3,(H,24,25)/t17-,19-/m0/s1. The molecule has 0 aliphatic heterocycles. The highest BCUT2D eigenvalue weighted by Crippen LogP contribution is 2.21. The summed E-state index contributed by atoms with van der Waals surface area (Å²) in [5.74, 6) is -0.0951. The first-order valence-electron chi connectivity index (χ1n) is 9.55. The molecule has 1 amide bonds. The number of esters is 1. The van der Waals surface area contributed by atoms with Crippen molar-refractivity contribution in [2.75, 3.05) is 5.32 Å². The summed E-state index contributed by atoms with van der Waals surface area (Å²) in [5.41, 5.74) is 1.71. The average molecular weight is 379 g/mol. The SMILES string of the molecule is C[C@H](OC(=O)[C@H]1CC=CCC1)C(=O)Nc1ccc(OCc2ccccc2)cc1. The van der Waals surface area contributed by atoms with Crippen LogP contribution in [0.3, 0.4) is 0 Å². The van der Waals surface area contributed by atoms with Gasteiger partial charge in [0.1, 0.15) is 12.4 Å². The summed E-state index contributed by atoms with van der Waals surface area (Å²) < 4.78 is 11.1. The maximum absolute atomic E-state index is 12.3. The lowest BCUT2D eigenvalue weighted by molar-refractivity contribution is -0.157. The predicted molar refractivity (Wildman–Crippen MR) is 108 cm³/mol. The maximum Gasteiger partial charge on any atom is 0.310 e. The fraction of sp³-hybridized carbons (Fsp3) is 0.304. The van der Waals surface area contributed by atoms with Crippen LogP contribution in [0.15, 0.2) is 66.7 Å². The minimum absolute atomic E-state index is 0.152. The minimum Gasteiger partial charge on any atom is -0.489 e. The van der Waals surface area contributed by atoms with Crippen LogP contribution < -0.4 is 10.1 Å². The number of amides is 1. The molecule has 0 heterocycles. The van der Waals surface area contributed by atoms with E-state index in [4.69, 9.17) is 9.47 Å². The van der Waals surface area contributed by atoms with Crippen molar-refractivity contribution >= 4 is 17.6 Å². The first-order chi connectivity index (χ1) is 13.6. The van der Waals surface area contributed by atoms with Gasteiger partial charge in [0.25, 0.3) is 5.91 Å². The number of rotatable bonds is 7. The smallest absolute Gasteiger partial charge is 0.310 e. The number of nitrogens with one attached hydrogen (secondary N) is 1. The third-order valence-corrected chi connectivity index (χ3v) is 4.63. The van der Waals surface area contributed by atoms with Crippen LogP contribution in [0.4, 0.5) is 5.69 Å². The molecule has 0 radical (unpaired) electrons. The Labute approximate surface area is 165 Å². The molecule has 5 nitrogen and oxygen atoms in total. The van der Waals surface area contributed by atoms with E-state index in [0.29, 0.717) is 24.5 Å². The zero-order valence-corrected chi connectivity index (χ0v) is 16.0. The molecule has 0 bridgehead atoms. The van der Waals surface area contributed by atoms with E-state index in [-0.39, 0.29) is 17.8 Å². The van der Waals surface area contributed by atoms with Gasteiger partial charge in [-0.2, -0.15) is 0 Å². The van der Waals surface area contributed by atoms with E-state index in [0.717, 1.165) is 18.4 Å². The van der Waals surface area contributed by atoms with Crippen molar-refractivity contribution in [2.45, 2.75) is 38.9 Å². The highest BCUT2D eigenvalue weighted by molar-refractivity contribution is 5.95. The zero-order valence-electron chi connectivity index (χ0n) is 16.0. The number of benzene rings is 2. The van der Waals surface area contributed by atoms with Gasteiger partial charge in [0, 0.05) is 5.69 Å². The molecular weight excluding hydrogens is 354 g/mol. The highest BCUT2D eigenvalue weighted by Gasteiger charge is 2.25. The summed E-state index contributed by atoms with van der Waals surface area (Å²) in [6.45, 7) is 2.07. The summed E-state index contributed by atoms with van der Waals surface area (Å²) in [6, 6.07) is 17.0. The average Bonchev–Trinajstić information content (AvgIpc) is 2.74. The van der Waals surface area contributed by atoms with E-state index in [9.17, 15) is 9.59 Å². The molecule has 0 saturated heterocycles. The van der Waals surface area contributed by atoms with Crippen LogP contribution in [0.2, 0.25) is 0 Å². The molecule has 2 aromatic carbocycles. The quantitative estimate of drug-likeness (QED) is 0.569. The third kappa shape index (κ3) is 5.71. The Kier molecular flexibility index (Phi) is 6.84. The van der Waals surface area contributed by atoms with Crippen LogP contribution in [0.1, 0.15) is 31.7 Å². The second kappa shape index (κ2) is 9.74. The summed E-state index contributed by atoms with van der Waals surface area (Å²) in [6.07, 6.45) is 5.53. The van der Waals surface area contributed by atoms with Gasteiger partial charge in [-0.1, -0.05) is 42.5 Å². The van der Waals surface area contributed by atoms with Crippen LogP contribution >= 0.6 is 0 Å². The second-order valence-electron chi connectivity index (χ2n) is 6.85. The van der Waals surface area contributed by atoms with Gasteiger partial charge in [0.2, 0.25) is 0 Å². The molecule has 0 spiro atoms. The molecule has 0 aromatic heterocycles. The van der Waals surface area contributed by atoms with Crippen LogP contribution in [0.25, 0.3) is 0 Å². The summed E-state index contributed by atoms with van der Waals surface area (Å²) in [4.78, 5) is 24.4. The van der Waals surface area contributed by atoms with Gasteiger partial charge >= 0.3 is 5.97 Å². The Morgan fingerprint density at radius 3 is 2.50 bits per heavy atom. The molecular formula is C23H25NO4. The summed E-state index contributed by atoms with van der Waals surface area (Å²) >= 11 is 0. The van der Waals surface area contributed by atoms with E-state index in [1.807, 2.05) is 36.4 Å². The lowest BCUT2D eigenvalue weighted by atomic mass is 9.95. The number of hydrogen-bond acceptors (Lipinski definition) is 4. The number of carbonyl (C=O) groups is 2. The lowest BCUT2D eigenvalue weighted by Gasteiger charge is -2.19. The fourth-order valence-electron chi connectivity index (χ4n) is 2.95. The maximum atomic E-state index is 12.3. The normalized spacial score (nSPS) is 16.8. The van der Waals surface area contributed by atoms with Crippen LogP contribution in [-0.2, 0) is 20.9 Å². The molecule has 2 atom stereocenters. The van der Waals surface area contributed by atoms with Gasteiger partial charge < -0.3 is 14.8 Å². The molecule has 3 rings (SSSR count). The van der Waals surface area contributed by atoms with Gasteiger partial charge in [0.15, 0.2) is 6.10 Å². The van der Waals surface area contributed by atoms with Gasteiger partial charge in [-0.3, -0.25) is 9.59 Å². The highest BCUT2D eigenvalue weighted by atomic mass is 16.5. The summed E-state index contributed by atoms with van der Waals surface area (Å²) in [5, 5.41) is 2.77. The lowest BCUT2D eigenvalue weighted by Crippen LogP contribution is -2.32. The second-order valence-corrected chi connectivity index (χ2v) is 6.85. The Balaban J connectivity index is 1.46. The summed E-state index contributed by atoms with van der Waals surface area (Å²) in [7, 11) is 0. The largest absolute Gasteiger partial charge is 0.489 e. The third-order valence-electron chi connectivity index (χ3n) is 4.63. The Hall–Kier alpha value is -3.08. The van der Waals surface area contributed by atoms with E-state index in [1.54, 1.807) is 31.2 Å². The van der Waals surface area contributed by atoms with Gasteiger partial charge in [0.05, 0.1) is 5.92 Å². The number of ether oxygens (including phenoxy) is 2. The van der Waals surface area contributed by atoms with Crippen molar-refractivity contribution in [1.29, 1.82) is 0 Å². The van der Waals surface area contributed by atoms with Crippen LogP contribution in [0, 0.1) is 5.92 Å². The predicted octanol–water partition coefficient (Wildman–Crippen LogP) is 4.49. The number of allylic oxidation sites excluding steroid dienone is 2. The monoisotopic (exact) mass is 379 g/mol. The molecule has 28 heavy (non-hydrogen) atoms. The van der Waals surface area contributed by atoms with Crippen molar-refractivity contribution in [3.8, 4) is 5.75 Å². The fourth-order valence-corrected chi connectivity index (χ4v) is 2.95. The Morgan fingerprint density at radius 1 is 1.07 bits per heavy atom. The molecule has 0 unspecified atom stereocenters. The van der Waals surface area contributed by atoms with Crippen molar-refractivity contribution in [1.82, 2.24) is 0 Å². The number of hydrogen-bond donors (Lipinski definition) is 1. The zero-order chi connectivity index (χ0) is 19.8. The van der Waals surface area contributed by atoms with Gasteiger partial charge in [-0.05, 0) is 56.0 Å². The van der Waals surface area contributed by atoms with Crippen LogP contribution in [0.5, 0.6) is 5.75 Å². The van der Waals surface area contributed by atoms with Gasteiger partial charge in [-0.15, -0.1) is 0 Å². The van der Waals surface area contributed by atoms with Crippen molar-refractivity contribution in [3.63, 3.8) is 0 Å². The molecule has 5 heteroatoms. The molecule has 0 fully saturated rings. The number of anilines is 1. The van der Waals surface area contributed by atoms with E-state index in [1.165, 1.54) is 0 Å². The Morgan fingerprint density at radius 2 is 1.82 bits per heavy atom. The minimum atomic E-state index is -0.840. The Bertz CT molecular complexity index is 814. The van der Waals surface area contributed by atoms with Crippen molar-refractivity contribution in [3.05, 3.63) is 72.3 Å². The molecule has 146 valence electrons. The molecule has 0 saturated carbocycles. The van der Waals surface area contributed by atoms with Crippen LogP contribution in [-0.4, -0.2) is 18.0 Å². The van der Waals surface area contributed by atoms with Gasteiger partial charge in [-0.25, -0.2) is 0 Å². The molecule has 1 aliphatic rings. The first-order valence-corrected chi connectivity index (χ1v) is 9.55. The first kappa shape index (κ1) is 19.7. The number of carbonyl (C=O) groups excluding carboxylic acids is 2. The molecule has 1 aliphatic carbocycles. The molecule has 1 N–H and O–H groups in total. The van der Waals surface area contributed by atoms with Crippen molar-refractivity contribution in [2.24, 2.45) is 5.92 Å².